The first-order valence-electron chi connectivity index (χ1n) is 8.93. The molecule has 1 aliphatic rings. The highest BCUT2D eigenvalue weighted by atomic mass is 32.2. The molecule has 0 radical (unpaired) electrons. The van der Waals surface area contributed by atoms with Crippen LogP contribution in [0.3, 0.4) is 0 Å². The SMILES string of the molecule is COc1cc(C(=O)N2CC[C@H](CSc3ccccc3)C2)cc(OC)c1OC. The van der Waals surface area contributed by atoms with E-state index in [0.29, 0.717) is 28.7 Å². The van der Waals surface area contributed by atoms with Gasteiger partial charge in [0, 0.05) is 29.3 Å². The maximum absolute atomic E-state index is 13.0. The molecule has 1 atom stereocenters. The van der Waals surface area contributed by atoms with Crippen molar-refractivity contribution in [2.45, 2.75) is 11.3 Å². The maximum atomic E-state index is 13.0. The molecule has 1 heterocycles. The topological polar surface area (TPSA) is 48.0 Å². The van der Waals surface area contributed by atoms with Gasteiger partial charge in [-0.05, 0) is 36.6 Å². The summed E-state index contributed by atoms with van der Waals surface area (Å²) in [7, 11) is 4.66. The highest BCUT2D eigenvalue weighted by Gasteiger charge is 2.28. The van der Waals surface area contributed by atoms with Crippen LogP contribution in [-0.4, -0.2) is 51.0 Å². The van der Waals surface area contributed by atoms with Gasteiger partial charge in [0.2, 0.25) is 5.75 Å². The third-order valence-electron chi connectivity index (χ3n) is 4.71. The van der Waals surface area contributed by atoms with Gasteiger partial charge in [0.25, 0.3) is 5.91 Å². The van der Waals surface area contributed by atoms with Crippen LogP contribution in [0.15, 0.2) is 47.4 Å². The van der Waals surface area contributed by atoms with E-state index in [-0.39, 0.29) is 5.91 Å². The Labute approximate surface area is 164 Å². The molecule has 1 saturated heterocycles. The number of carbonyl (C=O) groups excluding carboxylic acids is 1. The first-order valence-corrected chi connectivity index (χ1v) is 9.92. The Kier molecular flexibility index (Phi) is 6.50. The number of hydrogen-bond donors (Lipinski definition) is 0. The monoisotopic (exact) mass is 387 g/mol. The summed E-state index contributed by atoms with van der Waals surface area (Å²) in [5.74, 6) is 3.01. The van der Waals surface area contributed by atoms with E-state index in [9.17, 15) is 4.79 Å². The minimum atomic E-state index is 0.00136. The summed E-state index contributed by atoms with van der Waals surface area (Å²) in [5, 5.41) is 0. The Morgan fingerprint density at radius 3 is 2.33 bits per heavy atom. The van der Waals surface area contributed by atoms with Gasteiger partial charge in [-0.2, -0.15) is 0 Å². The van der Waals surface area contributed by atoms with Crippen molar-refractivity contribution in [2.75, 3.05) is 40.2 Å². The first-order chi connectivity index (χ1) is 13.2. The Balaban J connectivity index is 1.66. The zero-order valence-electron chi connectivity index (χ0n) is 15.9. The van der Waals surface area contributed by atoms with E-state index in [4.69, 9.17) is 14.2 Å². The molecule has 0 aromatic heterocycles. The summed E-state index contributed by atoms with van der Waals surface area (Å²) in [4.78, 5) is 16.2. The quantitative estimate of drug-likeness (QED) is 0.673. The minimum absolute atomic E-state index is 0.00136. The van der Waals surface area contributed by atoms with Gasteiger partial charge in [-0.15, -0.1) is 11.8 Å². The largest absolute Gasteiger partial charge is 0.493 e. The molecule has 0 aliphatic carbocycles. The molecule has 6 heteroatoms. The summed E-state index contributed by atoms with van der Waals surface area (Å²) >= 11 is 1.85. The second kappa shape index (κ2) is 9.04. The summed E-state index contributed by atoms with van der Waals surface area (Å²) in [6, 6.07) is 13.8. The molecule has 5 nitrogen and oxygen atoms in total. The number of thioether (sulfide) groups is 1. The second-order valence-corrected chi connectivity index (χ2v) is 7.54. The molecule has 0 bridgehead atoms. The molecule has 0 unspecified atom stereocenters. The molecule has 144 valence electrons. The molecule has 0 saturated carbocycles. The Hall–Kier alpha value is -2.34. The van der Waals surface area contributed by atoms with Crippen molar-refractivity contribution in [2.24, 2.45) is 5.92 Å². The van der Waals surface area contributed by atoms with Crippen LogP contribution in [0.5, 0.6) is 17.2 Å². The van der Waals surface area contributed by atoms with Crippen LogP contribution in [0.1, 0.15) is 16.8 Å². The molecule has 2 aromatic rings. The molecule has 27 heavy (non-hydrogen) atoms. The first kappa shape index (κ1) is 19.4. The number of hydrogen-bond acceptors (Lipinski definition) is 5. The van der Waals surface area contributed by atoms with E-state index in [1.807, 2.05) is 22.7 Å². The van der Waals surface area contributed by atoms with Crippen LogP contribution in [0.2, 0.25) is 0 Å². The van der Waals surface area contributed by atoms with E-state index >= 15 is 0 Å². The molecule has 3 rings (SSSR count). The predicted octanol–water partition coefficient (Wildman–Crippen LogP) is 3.97. The summed E-state index contributed by atoms with van der Waals surface area (Å²) < 4.78 is 16.1. The van der Waals surface area contributed by atoms with Crippen molar-refractivity contribution in [3.63, 3.8) is 0 Å². The molecule has 0 N–H and O–H groups in total. The van der Waals surface area contributed by atoms with Gasteiger partial charge in [0.15, 0.2) is 11.5 Å². The average molecular weight is 388 g/mol. The zero-order valence-corrected chi connectivity index (χ0v) is 16.8. The van der Waals surface area contributed by atoms with Crippen LogP contribution in [0, 0.1) is 5.92 Å². The maximum Gasteiger partial charge on any atom is 0.254 e. The Morgan fingerprint density at radius 2 is 1.74 bits per heavy atom. The molecule has 0 spiro atoms. The summed E-state index contributed by atoms with van der Waals surface area (Å²) in [5.41, 5.74) is 0.556. The van der Waals surface area contributed by atoms with Gasteiger partial charge in [0.1, 0.15) is 0 Å². The second-order valence-electron chi connectivity index (χ2n) is 6.44. The van der Waals surface area contributed by atoms with Gasteiger partial charge in [0.05, 0.1) is 21.3 Å². The fourth-order valence-electron chi connectivity index (χ4n) is 3.27. The highest BCUT2D eigenvalue weighted by molar-refractivity contribution is 7.99. The van der Waals surface area contributed by atoms with E-state index in [0.717, 1.165) is 25.3 Å². The molecular formula is C21H25NO4S. The fourth-order valence-corrected chi connectivity index (χ4v) is 4.32. The number of likely N-dealkylation sites (tertiary alicyclic amines) is 1. The predicted molar refractivity (Wildman–Crippen MR) is 107 cm³/mol. The van der Waals surface area contributed by atoms with E-state index < -0.39 is 0 Å². The Morgan fingerprint density at radius 1 is 1.07 bits per heavy atom. The highest BCUT2D eigenvalue weighted by Crippen LogP contribution is 2.39. The smallest absolute Gasteiger partial charge is 0.254 e. The van der Waals surface area contributed by atoms with Crippen molar-refractivity contribution in [3.05, 3.63) is 48.0 Å². The molecule has 1 fully saturated rings. The van der Waals surface area contributed by atoms with Crippen LogP contribution in [0.25, 0.3) is 0 Å². The van der Waals surface area contributed by atoms with Gasteiger partial charge in [-0.25, -0.2) is 0 Å². The zero-order chi connectivity index (χ0) is 19.2. The lowest BCUT2D eigenvalue weighted by Crippen LogP contribution is -2.29. The summed E-state index contributed by atoms with van der Waals surface area (Å²) in [6.07, 6.45) is 1.02. The molecule has 2 aromatic carbocycles. The third kappa shape index (κ3) is 4.50. The lowest BCUT2D eigenvalue weighted by molar-refractivity contribution is 0.0787. The van der Waals surface area contributed by atoms with Gasteiger partial charge in [-0.1, -0.05) is 18.2 Å². The normalized spacial score (nSPS) is 16.3. The molecule has 1 aliphatic heterocycles. The van der Waals surface area contributed by atoms with E-state index in [1.165, 1.54) is 4.90 Å². The van der Waals surface area contributed by atoms with E-state index in [2.05, 4.69) is 24.3 Å². The average Bonchev–Trinajstić information content (AvgIpc) is 3.20. The van der Waals surface area contributed by atoms with E-state index in [1.54, 1.807) is 33.5 Å². The number of nitrogens with zero attached hydrogens (tertiary/aromatic N) is 1. The van der Waals surface area contributed by atoms with Crippen LogP contribution >= 0.6 is 11.8 Å². The number of carbonyl (C=O) groups is 1. The number of amides is 1. The van der Waals surface area contributed by atoms with Crippen LogP contribution < -0.4 is 14.2 Å². The van der Waals surface area contributed by atoms with Crippen molar-refractivity contribution in [1.29, 1.82) is 0 Å². The summed E-state index contributed by atoms with van der Waals surface area (Å²) in [6.45, 7) is 1.55. The molecular weight excluding hydrogens is 362 g/mol. The fraction of sp³-hybridized carbons (Fsp3) is 0.381. The Bertz CT molecular complexity index is 756. The lowest BCUT2D eigenvalue weighted by Gasteiger charge is -2.19. The molecule has 1 amide bonds. The van der Waals surface area contributed by atoms with Gasteiger partial charge >= 0.3 is 0 Å². The number of ether oxygens (including phenoxy) is 3. The van der Waals surface area contributed by atoms with Crippen molar-refractivity contribution >= 4 is 17.7 Å². The van der Waals surface area contributed by atoms with Crippen LogP contribution in [0.4, 0.5) is 0 Å². The third-order valence-corrected chi connectivity index (χ3v) is 5.96. The van der Waals surface area contributed by atoms with Gasteiger partial charge in [-0.3, -0.25) is 4.79 Å². The number of benzene rings is 2. The number of methoxy groups -OCH3 is 3. The van der Waals surface area contributed by atoms with Crippen molar-refractivity contribution < 1.29 is 19.0 Å². The standard InChI is InChI=1S/C21H25NO4S/c1-24-18-11-16(12-19(25-2)20(18)26-3)21(23)22-10-9-15(13-22)14-27-17-7-5-4-6-8-17/h4-8,11-12,15H,9-10,13-14H2,1-3H3/t15-/m0/s1. The van der Waals surface area contributed by atoms with Crippen molar-refractivity contribution in [1.82, 2.24) is 4.90 Å². The lowest BCUT2D eigenvalue weighted by atomic mass is 10.1. The van der Waals surface area contributed by atoms with Gasteiger partial charge < -0.3 is 19.1 Å². The minimum Gasteiger partial charge on any atom is -0.493 e. The number of rotatable bonds is 7. The van der Waals surface area contributed by atoms with Crippen LogP contribution in [-0.2, 0) is 0 Å². The van der Waals surface area contributed by atoms with Crippen molar-refractivity contribution in [3.8, 4) is 17.2 Å².